The summed E-state index contributed by atoms with van der Waals surface area (Å²) >= 11 is 9.60. The number of aromatic nitrogens is 3. The number of carbonyl (C=O) groups excluding carboxylic acids is 2. The minimum Gasteiger partial charge on any atom is -0.494 e. The summed E-state index contributed by atoms with van der Waals surface area (Å²) in [7, 11) is 0. The number of hydrogen-bond acceptors (Lipinski definition) is 7. The fourth-order valence-electron chi connectivity index (χ4n) is 2.70. The molecule has 1 saturated heterocycles. The van der Waals surface area contributed by atoms with Gasteiger partial charge in [0.2, 0.25) is 11.8 Å². The minimum absolute atomic E-state index is 0.0848. The Morgan fingerprint density at radius 2 is 1.64 bits per heavy atom. The van der Waals surface area contributed by atoms with Gasteiger partial charge in [0.15, 0.2) is 15.8 Å². The molecule has 3 heterocycles. The lowest BCUT2D eigenvalue weighted by atomic mass is 9.80. The number of pyridine rings is 1. The first-order valence-corrected chi connectivity index (χ1v) is 7.81. The molecule has 1 fully saturated rings. The third-order valence-electron chi connectivity index (χ3n) is 3.71. The van der Waals surface area contributed by atoms with Crippen LogP contribution in [0.1, 0.15) is 17.0 Å². The molecule has 0 unspecified atom stereocenters. The van der Waals surface area contributed by atoms with E-state index in [0.717, 1.165) is 0 Å². The van der Waals surface area contributed by atoms with Gasteiger partial charge in [-0.05, 0) is 42.1 Å². The highest BCUT2D eigenvalue weighted by Crippen LogP contribution is 2.34. The molecule has 9 nitrogen and oxygen atoms in total. The van der Waals surface area contributed by atoms with Crippen molar-refractivity contribution in [3.8, 4) is 5.88 Å². The largest absolute Gasteiger partial charge is 0.494 e. The molecule has 0 spiro atoms. The lowest BCUT2D eigenvalue weighted by molar-refractivity contribution is -0.135. The van der Waals surface area contributed by atoms with Crippen LogP contribution in [-0.4, -0.2) is 37.0 Å². The maximum atomic E-state index is 12.4. The van der Waals surface area contributed by atoms with Crippen LogP contribution in [0.25, 0.3) is 0 Å². The first kappa shape index (κ1) is 16.9. The fourth-order valence-corrected chi connectivity index (χ4v) is 3.09. The average molecular weight is 377 g/mol. The number of aromatic hydroxyl groups is 1. The summed E-state index contributed by atoms with van der Waals surface area (Å²) in [6, 6.07) is 3.08. The molecule has 0 bridgehead atoms. The third kappa shape index (κ3) is 3.19. The van der Waals surface area contributed by atoms with Crippen LogP contribution in [0.4, 0.5) is 0 Å². The second-order valence-corrected chi connectivity index (χ2v) is 6.03. The molecule has 0 saturated carbocycles. The van der Waals surface area contributed by atoms with Crippen LogP contribution in [0.5, 0.6) is 5.88 Å². The predicted octanol–water partition coefficient (Wildman–Crippen LogP) is -0.188. The Morgan fingerprint density at radius 1 is 1.04 bits per heavy atom. The van der Waals surface area contributed by atoms with Crippen LogP contribution in [-0.2, 0) is 9.59 Å². The van der Waals surface area contributed by atoms with Crippen LogP contribution < -0.4 is 16.2 Å². The molecular formula is C14H11N5O4S2. The second kappa shape index (κ2) is 6.53. The van der Waals surface area contributed by atoms with Gasteiger partial charge in [0.1, 0.15) is 5.92 Å². The van der Waals surface area contributed by atoms with E-state index in [4.69, 9.17) is 24.4 Å². The summed E-state index contributed by atoms with van der Waals surface area (Å²) in [4.78, 5) is 45.8. The van der Waals surface area contributed by atoms with Gasteiger partial charge in [-0.15, -0.1) is 0 Å². The smallest absolute Gasteiger partial charge is 0.259 e. The molecular weight excluding hydrogens is 366 g/mol. The molecule has 5 N–H and O–H groups in total. The average Bonchev–Trinajstić information content (AvgIpc) is 2.52. The van der Waals surface area contributed by atoms with Gasteiger partial charge in [-0.25, -0.2) is 0 Å². The van der Waals surface area contributed by atoms with Crippen molar-refractivity contribution in [3.05, 3.63) is 50.8 Å². The number of nitrogens with zero attached hydrogens (tertiary/aromatic N) is 1. The third-order valence-corrected chi connectivity index (χ3v) is 4.11. The molecule has 2 amide bonds. The van der Waals surface area contributed by atoms with Crippen molar-refractivity contribution in [1.29, 1.82) is 0 Å². The fraction of sp³-hybridized carbons (Fsp3) is 0.143. The van der Waals surface area contributed by atoms with E-state index in [0.29, 0.717) is 5.56 Å². The Labute approximate surface area is 150 Å². The Bertz CT molecular complexity index is 965. The molecule has 0 aromatic carbocycles. The molecule has 25 heavy (non-hydrogen) atoms. The number of carbonyl (C=O) groups is 2. The number of aromatic amines is 2. The van der Waals surface area contributed by atoms with Gasteiger partial charge in [0, 0.05) is 18.3 Å². The Morgan fingerprint density at radius 3 is 2.20 bits per heavy atom. The Balaban J connectivity index is 2.24. The topological polar surface area (TPSA) is 140 Å². The van der Waals surface area contributed by atoms with E-state index in [-0.39, 0.29) is 15.4 Å². The van der Waals surface area contributed by atoms with Crippen LogP contribution in [0, 0.1) is 10.7 Å². The van der Waals surface area contributed by atoms with E-state index < -0.39 is 35.1 Å². The normalized spacial score (nSPS) is 16.2. The SMILES string of the molecule is O=C1NC(=S)NC(=O)C1[C@@H](c1ccncc1)c1c(O)[nH]c(=S)[nH]c1=O. The maximum absolute atomic E-state index is 12.4. The number of hydrogen-bond donors (Lipinski definition) is 5. The van der Waals surface area contributed by atoms with E-state index in [1.807, 2.05) is 0 Å². The van der Waals surface area contributed by atoms with Gasteiger partial charge in [-0.3, -0.25) is 24.4 Å². The van der Waals surface area contributed by atoms with E-state index in [2.05, 4.69) is 25.6 Å². The molecule has 128 valence electrons. The van der Waals surface area contributed by atoms with E-state index in [1.54, 1.807) is 12.1 Å². The highest BCUT2D eigenvalue weighted by molar-refractivity contribution is 7.80. The summed E-state index contributed by atoms with van der Waals surface area (Å²) in [5.41, 5.74) is -0.468. The van der Waals surface area contributed by atoms with Gasteiger partial charge in [0.05, 0.1) is 5.56 Å². The van der Waals surface area contributed by atoms with Crippen molar-refractivity contribution < 1.29 is 14.7 Å². The molecule has 2 aromatic heterocycles. The van der Waals surface area contributed by atoms with Gasteiger partial charge in [-0.1, -0.05) is 0 Å². The van der Waals surface area contributed by atoms with Gasteiger partial charge >= 0.3 is 0 Å². The Hall–Kier alpha value is -2.92. The monoisotopic (exact) mass is 377 g/mol. The van der Waals surface area contributed by atoms with Crippen molar-refractivity contribution >= 4 is 41.4 Å². The molecule has 2 aromatic rings. The number of rotatable bonds is 3. The number of thiocarbonyl (C=S) groups is 1. The summed E-state index contributed by atoms with van der Waals surface area (Å²) in [5, 5.41) is 14.8. The van der Waals surface area contributed by atoms with Crippen molar-refractivity contribution in [2.24, 2.45) is 5.92 Å². The zero-order valence-electron chi connectivity index (χ0n) is 12.4. The first-order valence-electron chi connectivity index (χ1n) is 6.99. The standard InChI is InChI=1S/C14H11N5O4S2/c20-9-7(10(21)17-13(24)16-9)6(5-1-3-15-4-2-5)8-11(22)18-14(25)19-12(8)23/h1-4,6-7H,(H2,16,17,20,21,24)(H3,18,19,22,23,25)/t6-/m1/s1. The molecule has 1 aliphatic heterocycles. The number of amides is 2. The van der Waals surface area contributed by atoms with E-state index in [1.165, 1.54) is 12.4 Å². The quantitative estimate of drug-likeness (QED) is 0.369. The van der Waals surface area contributed by atoms with Crippen LogP contribution >= 0.6 is 24.4 Å². The maximum Gasteiger partial charge on any atom is 0.259 e. The highest BCUT2D eigenvalue weighted by atomic mass is 32.1. The first-order chi connectivity index (χ1) is 11.9. The lowest BCUT2D eigenvalue weighted by Gasteiger charge is -2.29. The summed E-state index contributed by atoms with van der Waals surface area (Å²) in [6.45, 7) is 0. The summed E-state index contributed by atoms with van der Waals surface area (Å²) in [5.74, 6) is -4.30. The van der Waals surface area contributed by atoms with Crippen molar-refractivity contribution in [1.82, 2.24) is 25.6 Å². The predicted molar refractivity (Wildman–Crippen MR) is 92.4 cm³/mol. The highest BCUT2D eigenvalue weighted by Gasteiger charge is 2.42. The summed E-state index contributed by atoms with van der Waals surface area (Å²) < 4.78 is -0.0848. The molecule has 0 aliphatic carbocycles. The van der Waals surface area contributed by atoms with Crippen LogP contribution in [0.15, 0.2) is 29.3 Å². The molecule has 1 atom stereocenters. The van der Waals surface area contributed by atoms with Crippen LogP contribution in [0.2, 0.25) is 0 Å². The number of nitrogens with one attached hydrogen (secondary N) is 4. The zero-order valence-corrected chi connectivity index (χ0v) is 14.0. The summed E-state index contributed by atoms with van der Waals surface area (Å²) in [6.07, 6.45) is 2.89. The number of H-pyrrole nitrogens is 2. The van der Waals surface area contributed by atoms with Gasteiger partial charge < -0.3 is 20.7 Å². The van der Waals surface area contributed by atoms with E-state index in [9.17, 15) is 19.5 Å². The molecule has 11 heteroatoms. The second-order valence-electron chi connectivity index (χ2n) is 5.21. The van der Waals surface area contributed by atoms with Crippen molar-refractivity contribution in [2.45, 2.75) is 5.92 Å². The minimum atomic E-state index is -1.33. The molecule has 0 radical (unpaired) electrons. The Kier molecular flexibility index (Phi) is 4.42. The van der Waals surface area contributed by atoms with E-state index >= 15 is 0 Å². The zero-order chi connectivity index (χ0) is 18.1. The lowest BCUT2D eigenvalue weighted by Crippen LogP contribution is -2.57. The molecule has 1 aliphatic rings. The molecule has 3 rings (SSSR count). The van der Waals surface area contributed by atoms with Crippen molar-refractivity contribution in [2.75, 3.05) is 0 Å². The van der Waals surface area contributed by atoms with Gasteiger partial charge in [0.25, 0.3) is 5.56 Å². The van der Waals surface area contributed by atoms with Crippen molar-refractivity contribution in [3.63, 3.8) is 0 Å². The van der Waals surface area contributed by atoms with Gasteiger partial charge in [-0.2, -0.15) is 0 Å². The van der Waals surface area contributed by atoms with Crippen LogP contribution in [0.3, 0.4) is 0 Å².